The first-order chi connectivity index (χ1) is 14.2. The number of hydrogen-bond donors (Lipinski definition) is 1. The first kappa shape index (κ1) is 20.6. The number of benzene rings is 2. The summed E-state index contributed by atoms with van der Waals surface area (Å²) in [7, 11) is 0. The molecule has 1 N–H and O–H groups in total. The topological polar surface area (TPSA) is 40.5 Å². The highest BCUT2D eigenvalue weighted by Crippen LogP contribution is 2.30. The van der Waals surface area contributed by atoms with Gasteiger partial charge in [-0.2, -0.15) is 0 Å². The molecule has 2 atom stereocenters. The van der Waals surface area contributed by atoms with Crippen LogP contribution in [0.25, 0.3) is 0 Å². The third-order valence-corrected chi connectivity index (χ3v) is 7.62. The second-order valence-corrected chi connectivity index (χ2v) is 9.53. The molecule has 2 aliphatic rings. The first-order valence-corrected chi connectivity index (χ1v) is 11.9. The van der Waals surface area contributed by atoms with Gasteiger partial charge < -0.3 is 5.11 Å². The van der Waals surface area contributed by atoms with Crippen molar-refractivity contribution in [2.24, 2.45) is 5.92 Å². The zero-order valence-corrected chi connectivity index (χ0v) is 18.0. The van der Waals surface area contributed by atoms with E-state index in [0.717, 1.165) is 56.5 Å². The predicted octanol–water partition coefficient (Wildman–Crippen LogP) is 4.61. The fraction of sp³-hybridized carbons (Fsp3) is 0.480. The summed E-state index contributed by atoms with van der Waals surface area (Å²) >= 11 is 1.85. The molecule has 2 unspecified atom stereocenters. The molecule has 1 saturated heterocycles. The second-order valence-electron chi connectivity index (χ2n) is 8.36. The number of rotatable bonds is 6. The molecule has 0 saturated carbocycles. The van der Waals surface area contributed by atoms with Crippen molar-refractivity contribution in [1.29, 1.82) is 0 Å². The Morgan fingerprint density at radius 3 is 2.34 bits per heavy atom. The summed E-state index contributed by atoms with van der Waals surface area (Å²) in [5.74, 6) is 1.50. The molecule has 2 aromatic carbocycles. The van der Waals surface area contributed by atoms with Crippen LogP contribution in [0, 0.1) is 5.92 Å². The number of fused-ring (bicyclic) bond motifs is 1. The largest absolute Gasteiger partial charge is 0.391 e. The van der Waals surface area contributed by atoms with Crippen LogP contribution in [0.1, 0.15) is 47.7 Å². The van der Waals surface area contributed by atoms with Crippen LogP contribution in [0.3, 0.4) is 0 Å². The molecule has 1 aliphatic heterocycles. The Bertz CT molecular complexity index is 827. The third-order valence-electron chi connectivity index (χ3n) is 6.40. The molecule has 0 bridgehead atoms. The fourth-order valence-corrected chi connectivity index (χ4v) is 5.48. The van der Waals surface area contributed by atoms with Crippen LogP contribution in [0.5, 0.6) is 0 Å². The van der Waals surface area contributed by atoms with Crippen molar-refractivity contribution in [3.63, 3.8) is 0 Å². The number of carbonyl (C=O) groups excluding carboxylic acids is 1. The third kappa shape index (κ3) is 4.76. The molecule has 1 heterocycles. The minimum Gasteiger partial charge on any atom is -0.391 e. The number of ketones is 1. The highest BCUT2D eigenvalue weighted by Gasteiger charge is 2.35. The predicted molar refractivity (Wildman–Crippen MR) is 120 cm³/mol. The maximum atomic E-state index is 13.0. The number of thioether (sulfide) groups is 1. The molecular weight excluding hydrogens is 378 g/mol. The summed E-state index contributed by atoms with van der Waals surface area (Å²) in [6, 6.07) is 16.8. The van der Waals surface area contributed by atoms with E-state index in [1.54, 1.807) is 0 Å². The summed E-state index contributed by atoms with van der Waals surface area (Å²) in [4.78, 5) is 16.6. The van der Waals surface area contributed by atoms with Crippen LogP contribution in [0.2, 0.25) is 0 Å². The van der Waals surface area contributed by atoms with Crippen molar-refractivity contribution in [1.82, 2.24) is 4.90 Å². The molecule has 0 aromatic heterocycles. The standard InChI is InChI=1S/C25H31NO2S/c1-2-15-29-22-9-7-18(8-10-22)25(28)19-11-13-26(14-12-19)23-16-20-5-3-4-6-21(20)17-24(23)27/h3-10,19,23-24,27H,2,11-17H2,1H3. The van der Waals surface area contributed by atoms with Gasteiger partial charge in [0.25, 0.3) is 0 Å². The Balaban J connectivity index is 1.34. The fourth-order valence-electron chi connectivity index (χ4n) is 4.72. The number of carbonyl (C=O) groups is 1. The summed E-state index contributed by atoms with van der Waals surface area (Å²) in [5, 5.41) is 10.7. The zero-order chi connectivity index (χ0) is 20.2. The number of likely N-dealkylation sites (tertiary alicyclic amines) is 1. The number of hydrogen-bond acceptors (Lipinski definition) is 4. The van der Waals surface area contributed by atoms with Gasteiger partial charge in [-0.3, -0.25) is 9.69 Å². The second kappa shape index (κ2) is 9.46. The summed E-state index contributed by atoms with van der Waals surface area (Å²) in [6.07, 6.45) is 4.26. The van der Waals surface area contributed by atoms with Crippen molar-refractivity contribution in [3.05, 3.63) is 65.2 Å². The van der Waals surface area contributed by atoms with Gasteiger partial charge in [-0.15, -0.1) is 11.8 Å². The minimum absolute atomic E-state index is 0.105. The molecule has 4 rings (SSSR count). The molecule has 0 radical (unpaired) electrons. The van der Waals surface area contributed by atoms with Crippen molar-refractivity contribution in [2.45, 2.75) is 56.1 Å². The van der Waals surface area contributed by atoms with Crippen LogP contribution < -0.4 is 0 Å². The number of piperidine rings is 1. The SMILES string of the molecule is CCCSc1ccc(C(=O)C2CCN(C3Cc4ccccc4CC3O)CC2)cc1. The van der Waals surface area contributed by atoms with E-state index >= 15 is 0 Å². The Morgan fingerprint density at radius 1 is 1.03 bits per heavy atom. The van der Waals surface area contributed by atoms with Gasteiger partial charge in [0.15, 0.2) is 5.78 Å². The van der Waals surface area contributed by atoms with Crippen LogP contribution in [-0.2, 0) is 12.8 Å². The normalized spacial score (nSPS) is 23.0. The molecule has 0 spiro atoms. The summed E-state index contributed by atoms with van der Waals surface area (Å²) in [6.45, 7) is 3.97. The molecule has 1 aliphatic carbocycles. The van der Waals surface area contributed by atoms with Crippen LogP contribution in [0.15, 0.2) is 53.4 Å². The zero-order valence-electron chi connectivity index (χ0n) is 17.2. The Kier molecular flexibility index (Phi) is 6.74. The van der Waals surface area contributed by atoms with Crippen molar-refractivity contribution in [2.75, 3.05) is 18.8 Å². The highest BCUT2D eigenvalue weighted by molar-refractivity contribution is 7.99. The Morgan fingerprint density at radius 2 is 1.69 bits per heavy atom. The molecule has 154 valence electrons. The molecule has 1 fully saturated rings. The molecule has 0 amide bonds. The van der Waals surface area contributed by atoms with E-state index in [1.807, 2.05) is 23.9 Å². The molecule has 29 heavy (non-hydrogen) atoms. The van der Waals surface area contributed by atoms with E-state index in [0.29, 0.717) is 0 Å². The minimum atomic E-state index is -0.315. The van der Waals surface area contributed by atoms with E-state index in [1.165, 1.54) is 16.0 Å². The van der Waals surface area contributed by atoms with E-state index in [2.05, 4.69) is 48.2 Å². The van der Waals surface area contributed by atoms with Gasteiger partial charge in [-0.25, -0.2) is 0 Å². The van der Waals surface area contributed by atoms with Gasteiger partial charge in [0.2, 0.25) is 0 Å². The van der Waals surface area contributed by atoms with Crippen LogP contribution >= 0.6 is 11.8 Å². The maximum absolute atomic E-state index is 13.0. The van der Waals surface area contributed by atoms with E-state index in [9.17, 15) is 9.90 Å². The molecule has 3 nitrogen and oxygen atoms in total. The lowest BCUT2D eigenvalue weighted by atomic mass is 9.83. The monoisotopic (exact) mass is 409 g/mol. The first-order valence-electron chi connectivity index (χ1n) is 10.9. The molecular formula is C25H31NO2S. The molecule has 2 aromatic rings. The Hall–Kier alpha value is -1.62. The molecule has 4 heteroatoms. The smallest absolute Gasteiger partial charge is 0.166 e. The average Bonchev–Trinajstić information content (AvgIpc) is 2.77. The lowest BCUT2D eigenvalue weighted by Crippen LogP contribution is -2.51. The number of Topliss-reactive ketones (excluding diaryl/α,β-unsaturated/α-hetero) is 1. The van der Waals surface area contributed by atoms with Crippen LogP contribution in [0.4, 0.5) is 0 Å². The summed E-state index contributed by atoms with van der Waals surface area (Å²) < 4.78 is 0. The summed E-state index contributed by atoms with van der Waals surface area (Å²) in [5.41, 5.74) is 3.49. The van der Waals surface area contributed by atoms with E-state index in [-0.39, 0.29) is 23.8 Å². The van der Waals surface area contributed by atoms with Gasteiger partial charge in [0, 0.05) is 28.8 Å². The van der Waals surface area contributed by atoms with Gasteiger partial charge in [-0.05, 0) is 67.8 Å². The highest BCUT2D eigenvalue weighted by atomic mass is 32.2. The van der Waals surface area contributed by atoms with Gasteiger partial charge >= 0.3 is 0 Å². The van der Waals surface area contributed by atoms with E-state index in [4.69, 9.17) is 0 Å². The van der Waals surface area contributed by atoms with Crippen molar-refractivity contribution >= 4 is 17.5 Å². The van der Waals surface area contributed by atoms with Crippen molar-refractivity contribution < 1.29 is 9.90 Å². The van der Waals surface area contributed by atoms with E-state index < -0.39 is 0 Å². The quantitative estimate of drug-likeness (QED) is 0.559. The number of aliphatic hydroxyl groups excluding tert-OH is 1. The van der Waals surface area contributed by atoms with Gasteiger partial charge in [0.05, 0.1) is 6.10 Å². The van der Waals surface area contributed by atoms with Crippen LogP contribution in [-0.4, -0.2) is 46.8 Å². The van der Waals surface area contributed by atoms with Crippen molar-refractivity contribution in [3.8, 4) is 0 Å². The lowest BCUT2D eigenvalue weighted by Gasteiger charge is -2.41. The number of aliphatic hydroxyl groups is 1. The number of nitrogens with zero attached hydrogens (tertiary/aromatic N) is 1. The lowest BCUT2D eigenvalue weighted by molar-refractivity contribution is 0.0239. The Labute approximate surface area is 178 Å². The van der Waals surface area contributed by atoms with Gasteiger partial charge in [-0.1, -0.05) is 43.3 Å². The maximum Gasteiger partial charge on any atom is 0.166 e. The van der Waals surface area contributed by atoms with Gasteiger partial charge in [0.1, 0.15) is 0 Å². The average molecular weight is 410 g/mol.